The second-order valence-electron chi connectivity index (χ2n) is 6.44. The Labute approximate surface area is 136 Å². The van der Waals surface area contributed by atoms with Crippen LogP contribution < -0.4 is 0 Å². The van der Waals surface area contributed by atoms with Gasteiger partial charge in [0.2, 0.25) is 21.8 Å². The molecule has 1 atom stereocenters. The number of allylic oxidation sites excluding steroid dienone is 1. The predicted octanol–water partition coefficient (Wildman–Crippen LogP) is 2.00. The number of ether oxygens (including phenoxy) is 1. The lowest BCUT2D eigenvalue weighted by molar-refractivity contribution is -0.0172. The van der Waals surface area contributed by atoms with Crippen molar-refractivity contribution in [3.05, 3.63) is 17.4 Å². The highest BCUT2D eigenvalue weighted by Crippen LogP contribution is 2.29. The molecule has 1 aromatic heterocycles. The van der Waals surface area contributed by atoms with Crippen LogP contribution in [0.5, 0.6) is 0 Å². The highest BCUT2D eigenvalue weighted by atomic mass is 32.2. The number of sulfonamides is 1. The Morgan fingerprint density at radius 2 is 2.00 bits per heavy atom. The number of hydrogen-bond donors (Lipinski definition) is 0. The van der Waals surface area contributed by atoms with Crippen molar-refractivity contribution in [2.45, 2.75) is 38.7 Å². The molecule has 1 aliphatic heterocycles. The van der Waals surface area contributed by atoms with Crippen LogP contribution >= 0.6 is 0 Å². The van der Waals surface area contributed by atoms with Gasteiger partial charge in [-0.25, -0.2) is 8.42 Å². The van der Waals surface area contributed by atoms with Crippen molar-refractivity contribution in [1.29, 1.82) is 0 Å². The molecule has 0 bridgehead atoms. The van der Waals surface area contributed by atoms with Gasteiger partial charge in [0, 0.05) is 19.2 Å². The van der Waals surface area contributed by atoms with E-state index in [0.29, 0.717) is 24.9 Å². The maximum absolute atomic E-state index is 11.7. The minimum atomic E-state index is -3.24. The molecule has 1 aliphatic carbocycles. The molecule has 2 aliphatic rings. The molecule has 1 saturated carbocycles. The van der Waals surface area contributed by atoms with Gasteiger partial charge in [0.05, 0.1) is 12.9 Å². The quantitative estimate of drug-likeness (QED) is 0.836. The molecule has 7 nitrogen and oxygen atoms in total. The molecule has 0 amide bonds. The van der Waals surface area contributed by atoms with Crippen molar-refractivity contribution in [2.75, 3.05) is 26.0 Å². The van der Waals surface area contributed by atoms with E-state index in [1.807, 2.05) is 6.08 Å². The number of nitrogens with zero attached hydrogens (tertiary/aromatic N) is 3. The lowest BCUT2D eigenvalue weighted by atomic mass is 9.87. The number of aromatic nitrogens is 2. The second kappa shape index (κ2) is 6.70. The van der Waals surface area contributed by atoms with Crippen molar-refractivity contribution in [3.63, 3.8) is 0 Å². The van der Waals surface area contributed by atoms with Crippen LogP contribution in [0.4, 0.5) is 0 Å². The molecule has 0 aromatic carbocycles. The van der Waals surface area contributed by atoms with Crippen LogP contribution in [0.25, 0.3) is 6.08 Å². The van der Waals surface area contributed by atoms with Crippen LogP contribution in [-0.2, 0) is 14.8 Å². The van der Waals surface area contributed by atoms with Crippen LogP contribution in [0.2, 0.25) is 0 Å². The molecule has 3 rings (SSSR count). The van der Waals surface area contributed by atoms with Gasteiger partial charge in [0.1, 0.15) is 6.10 Å². The van der Waals surface area contributed by atoms with E-state index in [2.05, 4.69) is 17.1 Å². The van der Waals surface area contributed by atoms with Crippen molar-refractivity contribution in [1.82, 2.24) is 14.5 Å². The first-order valence-electron chi connectivity index (χ1n) is 8.01. The normalized spacial score (nSPS) is 27.1. The summed E-state index contributed by atoms with van der Waals surface area (Å²) in [7, 11) is -3.24. The lowest BCUT2D eigenvalue weighted by Gasteiger charge is -2.29. The molecular weight excluding hydrogens is 318 g/mol. The van der Waals surface area contributed by atoms with E-state index >= 15 is 0 Å². The fourth-order valence-electron chi connectivity index (χ4n) is 2.96. The van der Waals surface area contributed by atoms with Crippen LogP contribution in [-0.4, -0.2) is 48.9 Å². The molecule has 0 N–H and O–H groups in total. The monoisotopic (exact) mass is 341 g/mol. The van der Waals surface area contributed by atoms with E-state index in [9.17, 15) is 8.42 Å². The van der Waals surface area contributed by atoms with Crippen molar-refractivity contribution >= 4 is 16.1 Å². The zero-order valence-electron chi connectivity index (χ0n) is 13.6. The minimum absolute atomic E-state index is 0.217. The smallest absolute Gasteiger partial charge is 0.246 e. The molecule has 1 saturated heterocycles. The van der Waals surface area contributed by atoms with Crippen molar-refractivity contribution < 1.29 is 17.6 Å². The van der Waals surface area contributed by atoms with Gasteiger partial charge in [-0.3, -0.25) is 0 Å². The summed E-state index contributed by atoms with van der Waals surface area (Å²) in [6, 6.07) is 0. The van der Waals surface area contributed by atoms with E-state index in [-0.39, 0.29) is 6.54 Å². The fraction of sp³-hybridized carbons (Fsp3) is 0.733. The number of rotatable bonds is 3. The summed E-state index contributed by atoms with van der Waals surface area (Å²) in [5, 5.41) is 8.08. The standard InChI is InChI=1S/C15H23N3O4S/c1-11-3-5-12(6-4-11)9-14-16-17-15(22-14)13-10-18(7-8-21-13)23(2,19)20/h9,11,13H,3-8,10H2,1-2H3/t11?,13-/m1/s1. The van der Waals surface area contributed by atoms with Gasteiger partial charge in [0.25, 0.3) is 0 Å². The number of morpholine rings is 1. The third-order valence-corrected chi connectivity index (χ3v) is 5.74. The third kappa shape index (κ3) is 4.19. The molecule has 8 heteroatoms. The zero-order valence-corrected chi connectivity index (χ0v) is 14.4. The molecule has 2 heterocycles. The summed E-state index contributed by atoms with van der Waals surface area (Å²) in [6.07, 6.45) is 7.19. The molecule has 23 heavy (non-hydrogen) atoms. The van der Waals surface area contributed by atoms with Gasteiger partial charge >= 0.3 is 0 Å². The SMILES string of the molecule is CC1CCC(=Cc2nnc([C@H]3CN(S(C)(=O)=O)CCO3)o2)CC1. The predicted molar refractivity (Wildman–Crippen MR) is 85.0 cm³/mol. The van der Waals surface area contributed by atoms with Gasteiger partial charge in [0.15, 0.2) is 0 Å². The number of hydrogen-bond acceptors (Lipinski definition) is 6. The van der Waals surface area contributed by atoms with Gasteiger partial charge in [-0.2, -0.15) is 4.31 Å². The Kier molecular flexibility index (Phi) is 4.84. The maximum Gasteiger partial charge on any atom is 0.246 e. The topological polar surface area (TPSA) is 85.5 Å². The Hall–Kier alpha value is -1.25. The summed E-state index contributed by atoms with van der Waals surface area (Å²) < 4.78 is 35.9. The van der Waals surface area contributed by atoms with Crippen molar-refractivity contribution in [3.8, 4) is 0 Å². The highest BCUT2D eigenvalue weighted by Gasteiger charge is 2.30. The first-order valence-corrected chi connectivity index (χ1v) is 9.86. The van der Waals surface area contributed by atoms with Gasteiger partial charge in [-0.15, -0.1) is 10.2 Å². The molecule has 2 fully saturated rings. The van der Waals surface area contributed by atoms with Crippen LogP contribution in [0.3, 0.4) is 0 Å². The van der Waals surface area contributed by atoms with Crippen LogP contribution in [0.1, 0.15) is 50.5 Å². The average molecular weight is 341 g/mol. The van der Waals surface area contributed by atoms with E-state index in [1.165, 1.54) is 29.0 Å². The van der Waals surface area contributed by atoms with E-state index in [1.54, 1.807) is 0 Å². The molecule has 128 valence electrons. The summed E-state index contributed by atoms with van der Waals surface area (Å²) in [5.41, 5.74) is 1.33. The average Bonchev–Trinajstić information content (AvgIpc) is 2.97. The van der Waals surface area contributed by atoms with E-state index in [0.717, 1.165) is 18.8 Å². The Morgan fingerprint density at radius 1 is 1.26 bits per heavy atom. The van der Waals surface area contributed by atoms with Crippen LogP contribution in [0.15, 0.2) is 9.99 Å². The molecular formula is C15H23N3O4S. The highest BCUT2D eigenvalue weighted by molar-refractivity contribution is 7.88. The first-order chi connectivity index (χ1) is 10.9. The Morgan fingerprint density at radius 3 is 2.70 bits per heavy atom. The Bertz CT molecular complexity index is 673. The van der Waals surface area contributed by atoms with Crippen molar-refractivity contribution in [2.24, 2.45) is 5.92 Å². The van der Waals surface area contributed by atoms with Crippen LogP contribution in [0, 0.1) is 5.92 Å². The van der Waals surface area contributed by atoms with Gasteiger partial charge in [-0.05, 0) is 31.6 Å². The molecule has 0 unspecified atom stereocenters. The third-order valence-electron chi connectivity index (χ3n) is 4.47. The molecule has 0 spiro atoms. The summed E-state index contributed by atoms with van der Waals surface area (Å²) in [5.74, 6) is 1.60. The first kappa shape index (κ1) is 16.6. The Balaban J connectivity index is 1.68. The van der Waals surface area contributed by atoms with Gasteiger partial charge < -0.3 is 9.15 Å². The second-order valence-corrected chi connectivity index (χ2v) is 8.43. The summed E-state index contributed by atoms with van der Waals surface area (Å²) in [4.78, 5) is 0. The molecule has 0 radical (unpaired) electrons. The molecule has 1 aromatic rings. The van der Waals surface area contributed by atoms with E-state index in [4.69, 9.17) is 9.15 Å². The minimum Gasteiger partial charge on any atom is -0.418 e. The maximum atomic E-state index is 11.7. The fourth-order valence-corrected chi connectivity index (χ4v) is 3.78. The summed E-state index contributed by atoms with van der Waals surface area (Å²) >= 11 is 0. The lowest BCUT2D eigenvalue weighted by Crippen LogP contribution is -2.41. The zero-order chi connectivity index (χ0) is 16.4. The summed E-state index contributed by atoms with van der Waals surface area (Å²) in [6.45, 7) is 3.18. The largest absolute Gasteiger partial charge is 0.418 e. The van der Waals surface area contributed by atoms with E-state index < -0.39 is 16.1 Å². The van der Waals surface area contributed by atoms with Gasteiger partial charge in [-0.1, -0.05) is 12.5 Å².